The molecule has 1 aliphatic carbocycles. The van der Waals surface area contributed by atoms with Crippen LogP contribution >= 0.6 is 0 Å². The summed E-state index contributed by atoms with van der Waals surface area (Å²) < 4.78 is 1.95. The van der Waals surface area contributed by atoms with Gasteiger partial charge in [-0.15, -0.1) is 5.10 Å². The van der Waals surface area contributed by atoms with E-state index in [4.69, 9.17) is 0 Å². The summed E-state index contributed by atoms with van der Waals surface area (Å²) in [5.74, 6) is 0.734. The molecule has 3 heterocycles. The fraction of sp³-hybridized carbons (Fsp3) is 0.565. The van der Waals surface area contributed by atoms with Gasteiger partial charge in [0.25, 0.3) is 5.56 Å². The van der Waals surface area contributed by atoms with Crippen molar-refractivity contribution in [2.45, 2.75) is 70.6 Å². The summed E-state index contributed by atoms with van der Waals surface area (Å²) in [5.41, 5.74) is 3.68. The van der Waals surface area contributed by atoms with Crippen molar-refractivity contribution in [1.29, 1.82) is 0 Å². The van der Waals surface area contributed by atoms with Gasteiger partial charge in [0, 0.05) is 29.6 Å². The summed E-state index contributed by atoms with van der Waals surface area (Å²) >= 11 is 0. The predicted molar refractivity (Wildman–Crippen MR) is 118 cm³/mol. The second-order valence-corrected chi connectivity index (χ2v) is 9.19. The summed E-state index contributed by atoms with van der Waals surface area (Å²) in [6.07, 6.45) is 5.57. The molecule has 1 saturated carbocycles. The summed E-state index contributed by atoms with van der Waals surface area (Å²) in [6.45, 7) is 5.52. The van der Waals surface area contributed by atoms with Crippen LogP contribution in [0.15, 0.2) is 23.0 Å². The smallest absolute Gasteiger partial charge is 0.253 e. The molecule has 0 unspecified atom stereocenters. The number of nitrogens with one attached hydrogen (secondary N) is 1. The standard InChI is InChI=1S/C23H30N6O2/c1-14-11-15(2)18-13-19(23(31)24-20(18)12-14)21(28-9-7-17(30)8-10-28)22-25-26-27-29(22)16-5-3-4-6-16/h11-13,16-17,21,30H,3-10H2,1-2H3,(H,24,31)/t21-/m1/s1. The van der Waals surface area contributed by atoms with Crippen LogP contribution in [0.2, 0.25) is 0 Å². The molecule has 31 heavy (non-hydrogen) atoms. The van der Waals surface area contributed by atoms with Gasteiger partial charge in [-0.2, -0.15) is 0 Å². The van der Waals surface area contributed by atoms with Crippen LogP contribution < -0.4 is 5.56 Å². The summed E-state index contributed by atoms with van der Waals surface area (Å²) in [6, 6.07) is 6.12. The molecule has 1 aromatic carbocycles. The van der Waals surface area contributed by atoms with E-state index in [1.54, 1.807) is 0 Å². The van der Waals surface area contributed by atoms with E-state index in [0.717, 1.165) is 40.7 Å². The summed E-state index contributed by atoms with van der Waals surface area (Å²) in [7, 11) is 0. The largest absolute Gasteiger partial charge is 0.393 e. The number of aryl methyl sites for hydroxylation is 2. The van der Waals surface area contributed by atoms with Crippen LogP contribution in [0.25, 0.3) is 10.9 Å². The third-order valence-corrected chi connectivity index (χ3v) is 6.93. The van der Waals surface area contributed by atoms with Crippen LogP contribution in [0.5, 0.6) is 0 Å². The Morgan fingerprint density at radius 2 is 1.84 bits per heavy atom. The Hall–Kier alpha value is -2.58. The first kappa shape index (κ1) is 20.3. The maximum absolute atomic E-state index is 13.3. The molecule has 1 aliphatic heterocycles. The number of tetrazole rings is 1. The van der Waals surface area contributed by atoms with Gasteiger partial charge in [-0.3, -0.25) is 9.69 Å². The SMILES string of the molecule is Cc1cc(C)c2cc([C@H](c3nnnn3C3CCCC3)N3CCC(O)CC3)c(=O)[nH]c2c1. The molecule has 1 saturated heterocycles. The Balaban J connectivity index is 1.66. The Bertz CT molecular complexity index is 1140. The van der Waals surface area contributed by atoms with Crippen LogP contribution in [-0.2, 0) is 0 Å². The number of piperidine rings is 1. The number of hydrogen-bond acceptors (Lipinski definition) is 6. The monoisotopic (exact) mass is 422 g/mol. The number of pyridine rings is 1. The van der Waals surface area contributed by atoms with Gasteiger partial charge in [-0.1, -0.05) is 18.9 Å². The first-order chi connectivity index (χ1) is 15.0. The van der Waals surface area contributed by atoms with E-state index in [2.05, 4.69) is 38.4 Å². The molecule has 3 aromatic rings. The van der Waals surface area contributed by atoms with Crippen LogP contribution in [-0.4, -0.2) is 54.4 Å². The van der Waals surface area contributed by atoms with Crippen molar-refractivity contribution in [1.82, 2.24) is 30.1 Å². The summed E-state index contributed by atoms with van der Waals surface area (Å²) in [5, 5.41) is 23.9. The zero-order chi connectivity index (χ0) is 21.5. The topological polar surface area (TPSA) is 99.9 Å². The molecule has 0 spiro atoms. The van der Waals surface area contributed by atoms with E-state index < -0.39 is 0 Å². The molecule has 0 bridgehead atoms. The molecule has 8 heteroatoms. The second-order valence-electron chi connectivity index (χ2n) is 9.19. The van der Waals surface area contributed by atoms with Gasteiger partial charge in [0.1, 0.15) is 6.04 Å². The van der Waals surface area contributed by atoms with Crippen molar-refractivity contribution < 1.29 is 5.11 Å². The van der Waals surface area contributed by atoms with E-state index in [1.165, 1.54) is 12.8 Å². The quantitative estimate of drug-likeness (QED) is 0.671. The highest BCUT2D eigenvalue weighted by Gasteiger charge is 2.34. The second kappa shape index (κ2) is 8.16. The molecule has 0 radical (unpaired) electrons. The lowest BCUT2D eigenvalue weighted by atomic mass is 9.97. The molecule has 8 nitrogen and oxygen atoms in total. The number of hydrogen-bond donors (Lipinski definition) is 2. The number of likely N-dealkylation sites (tertiary alicyclic amines) is 1. The van der Waals surface area contributed by atoms with Gasteiger partial charge in [0.05, 0.1) is 12.1 Å². The molecule has 164 valence electrons. The highest BCUT2D eigenvalue weighted by atomic mass is 16.3. The highest BCUT2D eigenvalue weighted by molar-refractivity contribution is 5.83. The fourth-order valence-corrected chi connectivity index (χ4v) is 5.32. The average Bonchev–Trinajstić information content (AvgIpc) is 3.42. The van der Waals surface area contributed by atoms with E-state index in [0.29, 0.717) is 31.5 Å². The van der Waals surface area contributed by atoms with Gasteiger partial charge < -0.3 is 10.1 Å². The maximum Gasteiger partial charge on any atom is 0.253 e. The van der Waals surface area contributed by atoms with Gasteiger partial charge in [-0.25, -0.2) is 4.68 Å². The normalized spacial score (nSPS) is 20.0. The molecular formula is C23H30N6O2. The van der Waals surface area contributed by atoms with Crippen LogP contribution in [0, 0.1) is 13.8 Å². The molecule has 2 aromatic heterocycles. The maximum atomic E-state index is 13.3. The number of H-pyrrole nitrogens is 1. The van der Waals surface area contributed by atoms with Gasteiger partial charge in [0.15, 0.2) is 5.82 Å². The van der Waals surface area contributed by atoms with Crippen molar-refractivity contribution in [2.75, 3.05) is 13.1 Å². The average molecular weight is 423 g/mol. The number of aliphatic hydroxyl groups excluding tert-OH is 1. The molecule has 2 fully saturated rings. The van der Waals surface area contributed by atoms with E-state index in [9.17, 15) is 9.90 Å². The van der Waals surface area contributed by atoms with Crippen molar-refractivity contribution in [3.05, 3.63) is 51.1 Å². The first-order valence-electron chi connectivity index (χ1n) is 11.4. The predicted octanol–water partition coefficient (Wildman–Crippen LogP) is 2.79. The molecule has 5 rings (SSSR count). The third-order valence-electron chi connectivity index (χ3n) is 6.93. The number of aromatic amines is 1. The Kier molecular flexibility index (Phi) is 5.35. The van der Waals surface area contributed by atoms with Crippen molar-refractivity contribution in [2.24, 2.45) is 0 Å². The lowest BCUT2D eigenvalue weighted by molar-refractivity contribution is 0.0654. The van der Waals surface area contributed by atoms with E-state index >= 15 is 0 Å². The van der Waals surface area contributed by atoms with Gasteiger partial charge >= 0.3 is 0 Å². The third kappa shape index (κ3) is 3.78. The minimum absolute atomic E-state index is 0.102. The number of rotatable bonds is 4. The van der Waals surface area contributed by atoms with Gasteiger partial charge in [0.2, 0.25) is 0 Å². The zero-order valence-corrected chi connectivity index (χ0v) is 18.2. The van der Waals surface area contributed by atoms with Crippen LogP contribution in [0.3, 0.4) is 0 Å². The summed E-state index contributed by atoms with van der Waals surface area (Å²) in [4.78, 5) is 18.7. The van der Waals surface area contributed by atoms with Crippen molar-refractivity contribution in [3.8, 4) is 0 Å². The van der Waals surface area contributed by atoms with E-state index in [-0.39, 0.29) is 23.7 Å². The lowest BCUT2D eigenvalue weighted by Gasteiger charge is -2.35. The Morgan fingerprint density at radius 3 is 2.58 bits per heavy atom. The van der Waals surface area contributed by atoms with Crippen molar-refractivity contribution >= 4 is 10.9 Å². The number of aromatic nitrogens is 5. The molecule has 2 N–H and O–H groups in total. The number of nitrogens with zero attached hydrogens (tertiary/aromatic N) is 5. The van der Waals surface area contributed by atoms with E-state index in [1.807, 2.05) is 23.7 Å². The minimum Gasteiger partial charge on any atom is -0.393 e. The fourth-order valence-electron chi connectivity index (χ4n) is 5.32. The number of benzene rings is 1. The highest BCUT2D eigenvalue weighted by Crippen LogP contribution is 2.35. The van der Waals surface area contributed by atoms with Crippen LogP contribution in [0.4, 0.5) is 0 Å². The lowest BCUT2D eigenvalue weighted by Crippen LogP contribution is -2.42. The minimum atomic E-state index is -0.336. The Labute approximate surface area is 181 Å². The molecular weight excluding hydrogens is 392 g/mol. The molecule has 0 amide bonds. The zero-order valence-electron chi connectivity index (χ0n) is 18.2. The molecule has 2 aliphatic rings. The number of aliphatic hydroxyl groups is 1. The van der Waals surface area contributed by atoms with Crippen LogP contribution in [0.1, 0.15) is 73.1 Å². The Morgan fingerprint density at radius 1 is 1.10 bits per heavy atom. The first-order valence-corrected chi connectivity index (χ1v) is 11.4. The number of fused-ring (bicyclic) bond motifs is 1. The molecule has 1 atom stereocenters. The van der Waals surface area contributed by atoms with Gasteiger partial charge in [-0.05, 0) is 73.2 Å². The van der Waals surface area contributed by atoms with Crippen molar-refractivity contribution in [3.63, 3.8) is 0 Å².